The fraction of sp³-hybridized carbons (Fsp3) is 0.211. The van der Waals surface area contributed by atoms with Crippen molar-refractivity contribution < 1.29 is 27.0 Å². The zero-order chi connectivity index (χ0) is 63.2. The molecule has 468 valence electrons. The van der Waals surface area contributed by atoms with Gasteiger partial charge in [0.05, 0.1) is 36.3 Å². The zero-order valence-corrected chi connectivity index (χ0v) is 53.0. The minimum atomic E-state index is -2.73. The van der Waals surface area contributed by atoms with Gasteiger partial charge in [0.1, 0.15) is 44.9 Å². The molecule has 14 rings (SSSR count). The predicted octanol–water partition coefficient (Wildman–Crippen LogP) is 18.0. The summed E-state index contributed by atoms with van der Waals surface area (Å²) in [6.07, 6.45) is 3.26. The second-order valence-corrected chi connectivity index (χ2v) is 23.8. The molecule has 8 aromatic carbocycles. The molecular weight excluding hydrogens is 1200 g/mol. The molecule has 1 N–H and O–H groups in total. The summed E-state index contributed by atoms with van der Waals surface area (Å²) in [5.74, 6) is -3.10. The van der Waals surface area contributed by atoms with Crippen LogP contribution in [0.2, 0.25) is 5.15 Å². The van der Waals surface area contributed by atoms with E-state index in [2.05, 4.69) is 188 Å². The van der Waals surface area contributed by atoms with Gasteiger partial charge >= 0.3 is 0 Å². The number of pyridine rings is 2. The van der Waals surface area contributed by atoms with Gasteiger partial charge in [0.15, 0.2) is 0 Å². The van der Waals surface area contributed by atoms with Crippen molar-refractivity contribution in [1.29, 1.82) is 0 Å². The third kappa shape index (κ3) is 13.2. The number of hydrogen-bond donors (Lipinski definition) is 1. The van der Waals surface area contributed by atoms with Crippen LogP contribution in [-0.4, -0.2) is 79.8 Å². The van der Waals surface area contributed by atoms with E-state index in [9.17, 15) is 17.6 Å². The van der Waals surface area contributed by atoms with Crippen molar-refractivity contribution >= 4 is 51.6 Å². The number of fused-ring (bicyclic) bond motifs is 2. The largest absolute Gasteiger partial charge is 0.491 e. The van der Waals surface area contributed by atoms with Crippen molar-refractivity contribution in [2.24, 2.45) is 0 Å². The van der Waals surface area contributed by atoms with E-state index in [4.69, 9.17) is 31.3 Å². The zero-order valence-electron chi connectivity index (χ0n) is 51.4. The Balaban J connectivity index is 0.000000170. The number of nitrogens with zero attached hydrogens (tertiary/aromatic N) is 7. The van der Waals surface area contributed by atoms with Crippen molar-refractivity contribution in [3.63, 3.8) is 0 Å². The fourth-order valence-electron chi connectivity index (χ4n) is 12.5. The lowest BCUT2D eigenvalue weighted by Crippen LogP contribution is -2.38. The first-order valence-corrected chi connectivity index (χ1v) is 31.0. The molecule has 0 bridgehead atoms. The van der Waals surface area contributed by atoms with Gasteiger partial charge in [0.2, 0.25) is 0 Å². The van der Waals surface area contributed by atoms with Crippen LogP contribution in [0, 0.1) is 0 Å². The monoisotopic (exact) mass is 1270 g/mol. The SMILES string of the molecule is CC(C)Oc1ccc2c(c1)c(-c1ccnc(Cl)c1)nn2C(c1ccccc1)(c1ccccc1)c1ccccc1.CC(C)Oc1ccc2c(c1)c(-c1ccnc(N3CCC(F)(F)C3)c1)nn2C(c1ccccc1)(c1ccccc1)c1ccccc1.Cl.FC1(F)CCNC1. The normalized spacial score (nSPS) is 14.3. The van der Waals surface area contributed by atoms with Crippen molar-refractivity contribution in [3.8, 4) is 34.0 Å². The highest BCUT2D eigenvalue weighted by atomic mass is 35.5. The number of aromatic nitrogens is 6. The van der Waals surface area contributed by atoms with Crippen molar-refractivity contribution in [1.82, 2.24) is 34.8 Å². The number of ether oxygens (including phenoxy) is 2. The number of rotatable bonds is 15. The molecule has 2 fully saturated rings. The van der Waals surface area contributed by atoms with Crippen molar-refractivity contribution in [2.45, 2.75) is 75.7 Å². The van der Waals surface area contributed by atoms with Crippen LogP contribution in [0.3, 0.4) is 0 Å². The maximum atomic E-state index is 14.2. The van der Waals surface area contributed by atoms with Gasteiger partial charge in [-0.2, -0.15) is 10.2 Å². The van der Waals surface area contributed by atoms with E-state index >= 15 is 0 Å². The molecule has 2 aliphatic rings. The summed E-state index contributed by atoms with van der Waals surface area (Å²) in [5.41, 5.74) is 9.99. The Bertz CT molecular complexity index is 4190. The van der Waals surface area contributed by atoms with Crippen LogP contribution in [0.5, 0.6) is 11.5 Å². The lowest BCUT2D eigenvalue weighted by molar-refractivity contribution is 0.0235. The van der Waals surface area contributed by atoms with Gasteiger partial charge in [-0.15, -0.1) is 12.4 Å². The molecule has 10 nitrogen and oxygen atoms in total. The van der Waals surface area contributed by atoms with Gasteiger partial charge in [-0.25, -0.2) is 36.9 Å². The third-order valence-electron chi connectivity index (χ3n) is 16.4. The Labute approximate surface area is 544 Å². The van der Waals surface area contributed by atoms with Crippen LogP contribution in [0.25, 0.3) is 44.3 Å². The highest BCUT2D eigenvalue weighted by Crippen LogP contribution is 2.47. The van der Waals surface area contributed by atoms with Crippen LogP contribution < -0.4 is 19.7 Å². The summed E-state index contributed by atoms with van der Waals surface area (Å²) in [5, 5.41) is 15.7. The van der Waals surface area contributed by atoms with Crippen LogP contribution >= 0.6 is 24.0 Å². The van der Waals surface area contributed by atoms with E-state index in [1.165, 1.54) is 0 Å². The quantitative estimate of drug-likeness (QED) is 0.0616. The van der Waals surface area contributed by atoms with E-state index in [0.29, 0.717) is 17.5 Å². The Hall–Kier alpha value is -9.34. The van der Waals surface area contributed by atoms with E-state index in [1.807, 2.05) is 107 Å². The predicted molar refractivity (Wildman–Crippen MR) is 363 cm³/mol. The molecule has 12 aromatic rings. The van der Waals surface area contributed by atoms with Crippen molar-refractivity contribution in [3.05, 3.63) is 294 Å². The molecule has 0 radical (unpaired) electrons. The van der Waals surface area contributed by atoms with Gasteiger partial charge in [-0.05, 0) is 122 Å². The summed E-state index contributed by atoms with van der Waals surface area (Å²) < 4.78 is 68.7. The lowest BCUT2D eigenvalue weighted by Gasteiger charge is -2.37. The van der Waals surface area contributed by atoms with Crippen LogP contribution in [-0.2, 0) is 11.1 Å². The molecule has 0 amide bonds. The van der Waals surface area contributed by atoms with Gasteiger partial charge in [-0.1, -0.05) is 194 Å². The molecule has 0 unspecified atom stereocenters. The Kier molecular flexibility index (Phi) is 19.3. The molecule has 0 aliphatic carbocycles. The Morgan fingerprint density at radius 2 is 0.848 bits per heavy atom. The average molecular weight is 1270 g/mol. The van der Waals surface area contributed by atoms with Gasteiger partial charge in [0, 0.05) is 60.2 Å². The van der Waals surface area contributed by atoms with E-state index in [-0.39, 0.29) is 57.1 Å². The highest BCUT2D eigenvalue weighted by Gasteiger charge is 2.44. The van der Waals surface area contributed by atoms with Gasteiger partial charge < -0.3 is 19.7 Å². The highest BCUT2D eigenvalue weighted by molar-refractivity contribution is 6.29. The van der Waals surface area contributed by atoms with Crippen LogP contribution in [0.15, 0.2) is 255 Å². The molecule has 6 heterocycles. The van der Waals surface area contributed by atoms with Crippen LogP contribution in [0.4, 0.5) is 23.4 Å². The molecule has 4 aromatic heterocycles. The summed E-state index contributed by atoms with van der Waals surface area (Å²) in [6, 6.07) is 82.8. The molecule has 92 heavy (non-hydrogen) atoms. The third-order valence-corrected chi connectivity index (χ3v) is 16.6. The molecule has 2 saturated heterocycles. The fourth-order valence-corrected chi connectivity index (χ4v) is 12.7. The summed E-state index contributed by atoms with van der Waals surface area (Å²) in [7, 11) is 0. The van der Waals surface area contributed by atoms with Crippen LogP contribution in [0.1, 0.15) is 73.9 Å². The molecule has 16 heteroatoms. The smallest absolute Gasteiger partial charge is 0.266 e. The maximum absolute atomic E-state index is 14.2. The second kappa shape index (κ2) is 27.6. The molecule has 0 saturated carbocycles. The minimum Gasteiger partial charge on any atom is -0.491 e. The number of hydrogen-bond acceptors (Lipinski definition) is 8. The second-order valence-electron chi connectivity index (χ2n) is 23.4. The van der Waals surface area contributed by atoms with Crippen molar-refractivity contribution in [2.75, 3.05) is 31.1 Å². The summed E-state index contributed by atoms with van der Waals surface area (Å²) in [4.78, 5) is 10.3. The van der Waals surface area contributed by atoms with Gasteiger partial charge in [-0.3, -0.25) is 0 Å². The maximum Gasteiger partial charge on any atom is 0.266 e. The summed E-state index contributed by atoms with van der Waals surface area (Å²) in [6.45, 7) is 8.31. The Morgan fingerprint density at radius 1 is 0.467 bits per heavy atom. The topological polar surface area (TPSA) is 95.2 Å². The summed E-state index contributed by atoms with van der Waals surface area (Å²) >= 11 is 6.36. The number of halogens is 6. The molecule has 0 atom stereocenters. The van der Waals surface area contributed by atoms with Gasteiger partial charge in [0.25, 0.3) is 11.8 Å². The number of alkyl halides is 4. The number of anilines is 1. The number of nitrogens with one attached hydrogen (secondary N) is 1. The Morgan fingerprint density at radius 3 is 1.16 bits per heavy atom. The first-order valence-electron chi connectivity index (χ1n) is 30.7. The first kappa shape index (κ1) is 64.2. The average Bonchev–Trinajstić information content (AvgIpc) is 1.44. The lowest BCUT2D eigenvalue weighted by atomic mass is 9.77. The number of benzene rings is 8. The first-order chi connectivity index (χ1) is 44.1. The minimum absolute atomic E-state index is 0. The van der Waals surface area contributed by atoms with E-state index < -0.39 is 22.9 Å². The van der Waals surface area contributed by atoms with E-state index in [0.717, 1.165) is 89.2 Å². The van der Waals surface area contributed by atoms with E-state index in [1.54, 1.807) is 17.3 Å². The molecule has 2 aliphatic heterocycles. The standard InChI is InChI=1S/C38H34F2N4O.C34H28ClN3O.C4H7F2N.ClH/c1-27(2)45-32-18-19-34-33(25-32)36(28-20-22-41-35(24-28)43-23-21-37(39,40)26-43)42-44(34)38(29-12-6-3-7-13-29,30-14-8-4-9-15-30)31-16-10-5-11-17-31;1-24(2)39-29-18-19-31-30(23-29)33(25-20-21-36-32(35)22-25)37-38(31)34(26-12-6-3-7-13-26,27-14-8-4-9-15-27)28-16-10-5-11-17-28;5-4(6)1-2-7-3-4;/h3-20,22,24-25,27H,21,23,26H2,1-2H3;3-24H,1-2H3;7H,1-3H2;1H. The molecular formula is C76H70Cl2F4N8O2. The molecule has 0 spiro atoms.